The molecule has 0 saturated heterocycles. The van der Waals surface area contributed by atoms with Crippen molar-refractivity contribution in [2.24, 2.45) is 5.16 Å². The van der Waals surface area contributed by atoms with Crippen LogP contribution in [0.2, 0.25) is 0 Å². The van der Waals surface area contributed by atoms with Crippen LogP contribution in [0.15, 0.2) is 58.6 Å². The number of rotatable bonds is 3. The highest BCUT2D eigenvalue weighted by atomic mass is 16.4. The minimum atomic E-state index is -0.150. The number of nitrogen functional groups attached to an aromatic ring is 1. The number of hydrogen-bond donors (Lipinski definition) is 2. The number of hydrogen-bond acceptors (Lipinski definition) is 4. The minimum Gasteiger partial charge on any atom is -0.411 e. The molecule has 0 aliphatic carbocycles. The lowest BCUT2D eigenvalue weighted by atomic mass is 10.1. The van der Waals surface area contributed by atoms with Crippen molar-refractivity contribution in [3.8, 4) is 0 Å². The summed E-state index contributed by atoms with van der Waals surface area (Å²) in [6, 6.07) is 11.8. The number of nitrogens with two attached hydrogens (primary N) is 1. The Morgan fingerprint density at radius 3 is 2.78 bits per heavy atom. The number of pyridine rings is 1. The van der Waals surface area contributed by atoms with E-state index >= 15 is 0 Å². The van der Waals surface area contributed by atoms with Crippen LogP contribution in [-0.4, -0.2) is 15.5 Å². The van der Waals surface area contributed by atoms with Crippen LogP contribution < -0.4 is 11.3 Å². The van der Waals surface area contributed by atoms with Gasteiger partial charge in [0.1, 0.15) is 5.71 Å². The second-order valence-electron chi connectivity index (χ2n) is 3.84. The van der Waals surface area contributed by atoms with E-state index in [2.05, 4.69) is 5.16 Å². The minimum absolute atomic E-state index is 0.150. The Balaban J connectivity index is 2.32. The number of nitrogens with zero attached hydrogens (tertiary/aromatic N) is 2. The molecule has 92 valence electrons. The summed E-state index contributed by atoms with van der Waals surface area (Å²) in [5.74, 6) is 0. The average Bonchev–Trinajstić information content (AvgIpc) is 2.38. The van der Waals surface area contributed by atoms with Gasteiger partial charge in [-0.3, -0.25) is 4.79 Å². The molecule has 0 amide bonds. The molecule has 5 heteroatoms. The highest BCUT2D eigenvalue weighted by molar-refractivity contribution is 6.00. The highest BCUT2D eigenvalue weighted by Crippen LogP contribution is 2.08. The molecule has 0 atom stereocenters. The second kappa shape index (κ2) is 5.18. The predicted octanol–water partition coefficient (Wildman–Crippen LogP) is 1.31. The van der Waals surface area contributed by atoms with Crippen LogP contribution in [0.3, 0.4) is 0 Å². The summed E-state index contributed by atoms with van der Waals surface area (Å²) < 4.78 is 1.46. The smallest absolute Gasteiger partial charge is 0.250 e. The van der Waals surface area contributed by atoms with Crippen LogP contribution in [-0.2, 0) is 6.54 Å². The fourth-order valence-electron chi connectivity index (χ4n) is 1.65. The van der Waals surface area contributed by atoms with Crippen molar-refractivity contribution < 1.29 is 5.21 Å². The fraction of sp³-hybridized carbons (Fsp3) is 0.0769. The molecular weight excluding hydrogens is 230 g/mol. The van der Waals surface area contributed by atoms with Crippen molar-refractivity contribution in [1.82, 2.24) is 4.57 Å². The van der Waals surface area contributed by atoms with E-state index in [0.717, 1.165) is 0 Å². The van der Waals surface area contributed by atoms with Gasteiger partial charge in [-0.2, -0.15) is 0 Å². The standard InChI is InChI=1S/C13H13N3O2/c14-11-5-3-4-10(8-11)12(15-18)9-16-7-2-1-6-13(16)17/h1-8,18H,9,14H2. The summed E-state index contributed by atoms with van der Waals surface area (Å²) in [4.78, 5) is 11.6. The Bertz CT molecular complexity index is 632. The maximum atomic E-state index is 11.6. The van der Waals surface area contributed by atoms with E-state index in [-0.39, 0.29) is 12.1 Å². The molecule has 0 radical (unpaired) electrons. The quantitative estimate of drug-likeness (QED) is 0.369. The zero-order chi connectivity index (χ0) is 13.0. The number of aromatic nitrogens is 1. The first-order valence-electron chi connectivity index (χ1n) is 5.43. The van der Waals surface area contributed by atoms with E-state index in [1.54, 1.807) is 42.6 Å². The van der Waals surface area contributed by atoms with E-state index in [0.29, 0.717) is 17.0 Å². The van der Waals surface area contributed by atoms with Crippen LogP contribution in [0.1, 0.15) is 5.56 Å². The molecule has 0 bridgehead atoms. The largest absolute Gasteiger partial charge is 0.411 e. The molecule has 0 saturated carbocycles. The molecule has 3 N–H and O–H groups in total. The van der Waals surface area contributed by atoms with Crippen molar-refractivity contribution in [2.75, 3.05) is 5.73 Å². The SMILES string of the molecule is Nc1cccc(C(Cn2ccccc2=O)=NO)c1. The van der Waals surface area contributed by atoms with Crippen molar-refractivity contribution >= 4 is 11.4 Å². The Labute approximate surface area is 104 Å². The first kappa shape index (κ1) is 11.9. The molecule has 0 spiro atoms. The third kappa shape index (κ3) is 2.57. The van der Waals surface area contributed by atoms with Crippen LogP contribution in [0.25, 0.3) is 0 Å². The monoisotopic (exact) mass is 243 g/mol. The maximum Gasteiger partial charge on any atom is 0.250 e. The third-order valence-electron chi connectivity index (χ3n) is 2.56. The van der Waals surface area contributed by atoms with E-state index < -0.39 is 0 Å². The summed E-state index contributed by atoms with van der Waals surface area (Å²) in [6.07, 6.45) is 1.64. The highest BCUT2D eigenvalue weighted by Gasteiger charge is 2.06. The summed E-state index contributed by atoms with van der Waals surface area (Å²) in [5, 5.41) is 12.3. The van der Waals surface area contributed by atoms with Gasteiger partial charge in [0, 0.05) is 23.5 Å². The molecule has 1 aromatic carbocycles. The number of anilines is 1. The van der Waals surface area contributed by atoms with Crippen molar-refractivity contribution in [1.29, 1.82) is 0 Å². The zero-order valence-electron chi connectivity index (χ0n) is 9.65. The van der Waals surface area contributed by atoms with Crippen molar-refractivity contribution in [3.05, 3.63) is 64.6 Å². The number of benzene rings is 1. The maximum absolute atomic E-state index is 11.6. The van der Waals surface area contributed by atoms with Gasteiger partial charge in [0.2, 0.25) is 0 Å². The van der Waals surface area contributed by atoms with Gasteiger partial charge in [-0.25, -0.2) is 0 Å². The molecule has 5 nitrogen and oxygen atoms in total. The van der Waals surface area contributed by atoms with E-state index in [1.165, 1.54) is 10.6 Å². The molecule has 0 aliphatic rings. The first-order valence-corrected chi connectivity index (χ1v) is 5.43. The molecule has 0 unspecified atom stereocenters. The van der Waals surface area contributed by atoms with Gasteiger partial charge in [-0.1, -0.05) is 23.4 Å². The lowest BCUT2D eigenvalue weighted by Gasteiger charge is -2.07. The molecule has 18 heavy (non-hydrogen) atoms. The molecule has 1 aromatic heterocycles. The molecular formula is C13H13N3O2. The van der Waals surface area contributed by atoms with Gasteiger partial charge in [0.15, 0.2) is 0 Å². The average molecular weight is 243 g/mol. The molecule has 0 fully saturated rings. The molecule has 1 heterocycles. The van der Waals surface area contributed by atoms with Crippen molar-refractivity contribution in [2.45, 2.75) is 6.54 Å². The third-order valence-corrected chi connectivity index (χ3v) is 2.56. The van der Waals surface area contributed by atoms with Crippen LogP contribution >= 0.6 is 0 Å². The summed E-state index contributed by atoms with van der Waals surface area (Å²) >= 11 is 0. The second-order valence-corrected chi connectivity index (χ2v) is 3.84. The van der Waals surface area contributed by atoms with Gasteiger partial charge in [-0.05, 0) is 18.2 Å². The Kier molecular flexibility index (Phi) is 3.43. The van der Waals surface area contributed by atoms with Crippen LogP contribution in [0.4, 0.5) is 5.69 Å². The Morgan fingerprint density at radius 2 is 2.11 bits per heavy atom. The Hall–Kier alpha value is -2.56. The molecule has 2 aromatic rings. The lowest BCUT2D eigenvalue weighted by molar-refractivity contribution is 0.317. The van der Waals surface area contributed by atoms with E-state index in [4.69, 9.17) is 10.9 Å². The fourth-order valence-corrected chi connectivity index (χ4v) is 1.65. The topological polar surface area (TPSA) is 80.6 Å². The van der Waals surface area contributed by atoms with Crippen LogP contribution in [0, 0.1) is 0 Å². The van der Waals surface area contributed by atoms with Gasteiger partial charge in [-0.15, -0.1) is 0 Å². The van der Waals surface area contributed by atoms with Gasteiger partial charge in [0.05, 0.1) is 6.54 Å². The number of oxime groups is 1. The van der Waals surface area contributed by atoms with Crippen LogP contribution in [0.5, 0.6) is 0 Å². The van der Waals surface area contributed by atoms with Gasteiger partial charge < -0.3 is 15.5 Å². The normalized spacial score (nSPS) is 11.4. The summed E-state index contributed by atoms with van der Waals surface area (Å²) in [6.45, 7) is 0.194. The summed E-state index contributed by atoms with van der Waals surface area (Å²) in [5.41, 5.74) is 7.17. The predicted molar refractivity (Wildman–Crippen MR) is 69.9 cm³/mol. The molecule has 0 aliphatic heterocycles. The van der Waals surface area contributed by atoms with E-state index in [1.807, 2.05) is 0 Å². The molecule has 2 rings (SSSR count). The lowest BCUT2D eigenvalue weighted by Crippen LogP contribution is -2.23. The zero-order valence-corrected chi connectivity index (χ0v) is 9.65. The van der Waals surface area contributed by atoms with Gasteiger partial charge in [0.25, 0.3) is 5.56 Å². The summed E-state index contributed by atoms with van der Waals surface area (Å²) in [7, 11) is 0. The van der Waals surface area contributed by atoms with Gasteiger partial charge >= 0.3 is 0 Å². The first-order chi connectivity index (χ1) is 8.70. The van der Waals surface area contributed by atoms with Crippen molar-refractivity contribution in [3.63, 3.8) is 0 Å². The van der Waals surface area contributed by atoms with E-state index in [9.17, 15) is 4.79 Å². The Morgan fingerprint density at radius 1 is 1.28 bits per heavy atom.